The zero-order valence-electron chi connectivity index (χ0n) is 15.2. The van der Waals surface area contributed by atoms with Crippen LogP contribution in [0, 0.1) is 13.8 Å². The van der Waals surface area contributed by atoms with E-state index in [9.17, 15) is 19.8 Å². The van der Waals surface area contributed by atoms with Gasteiger partial charge in [0.2, 0.25) is 0 Å². The summed E-state index contributed by atoms with van der Waals surface area (Å²) in [5.41, 5.74) is 4.17. The maximum Gasteiger partial charge on any atom is 0.352 e. The van der Waals surface area contributed by atoms with Crippen molar-refractivity contribution in [1.82, 2.24) is 9.97 Å². The molecule has 0 saturated carbocycles. The summed E-state index contributed by atoms with van der Waals surface area (Å²) in [5.74, 6) is -1.67. The summed E-state index contributed by atoms with van der Waals surface area (Å²) in [4.78, 5) is 30.3. The van der Waals surface area contributed by atoms with Gasteiger partial charge in [-0.2, -0.15) is 0 Å². The monoisotopic (exact) mass is 375 g/mol. The second-order valence-corrected chi connectivity index (χ2v) is 6.78. The van der Waals surface area contributed by atoms with Gasteiger partial charge in [-0.3, -0.25) is 0 Å². The number of anilines is 2. The Hall–Kier alpha value is -3.87. The normalized spacial score (nSPS) is 11.1. The Kier molecular flexibility index (Phi) is 4.00. The lowest BCUT2D eigenvalue weighted by Crippen LogP contribution is -1.99. The molecule has 4 rings (SSSR count). The Morgan fingerprint density at radius 3 is 2.29 bits per heavy atom. The average molecular weight is 375 g/mol. The minimum Gasteiger partial charge on any atom is -0.478 e. The number of aromatic nitrogens is 2. The first-order valence-electron chi connectivity index (χ1n) is 8.60. The van der Waals surface area contributed by atoms with Gasteiger partial charge in [-0.25, -0.2) is 14.6 Å². The summed E-state index contributed by atoms with van der Waals surface area (Å²) in [5, 5.41) is 23.2. The van der Waals surface area contributed by atoms with E-state index < -0.39 is 11.9 Å². The van der Waals surface area contributed by atoms with Gasteiger partial charge in [0.25, 0.3) is 0 Å². The number of fused-ring (bicyclic) bond motifs is 3. The molecule has 0 spiro atoms. The number of hydrogen-bond donors (Lipinski definition) is 4. The number of nitrogens with one attached hydrogen (secondary N) is 2. The van der Waals surface area contributed by atoms with E-state index in [0.29, 0.717) is 27.6 Å². The van der Waals surface area contributed by atoms with E-state index in [2.05, 4.69) is 15.3 Å². The summed E-state index contributed by atoms with van der Waals surface area (Å²) in [7, 11) is 0. The largest absolute Gasteiger partial charge is 0.478 e. The molecule has 0 aliphatic carbocycles. The highest BCUT2D eigenvalue weighted by Gasteiger charge is 2.16. The molecule has 2 aromatic heterocycles. The van der Waals surface area contributed by atoms with Crippen molar-refractivity contribution in [1.29, 1.82) is 0 Å². The van der Waals surface area contributed by atoms with Crippen molar-refractivity contribution in [2.45, 2.75) is 13.8 Å². The van der Waals surface area contributed by atoms with E-state index >= 15 is 0 Å². The predicted molar refractivity (Wildman–Crippen MR) is 107 cm³/mol. The van der Waals surface area contributed by atoms with Crippen LogP contribution in [0.5, 0.6) is 0 Å². The lowest BCUT2D eigenvalue weighted by Gasteiger charge is -2.11. The van der Waals surface area contributed by atoms with Gasteiger partial charge in [-0.05, 0) is 61.4 Å². The van der Waals surface area contributed by atoms with E-state index in [1.54, 1.807) is 6.07 Å². The van der Waals surface area contributed by atoms with Crippen LogP contribution in [-0.4, -0.2) is 32.1 Å². The van der Waals surface area contributed by atoms with E-state index in [1.807, 2.05) is 32.0 Å². The zero-order valence-corrected chi connectivity index (χ0v) is 15.2. The number of aromatic carboxylic acids is 2. The molecule has 4 N–H and O–H groups in total. The van der Waals surface area contributed by atoms with Crippen molar-refractivity contribution in [3.8, 4) is 0 Å². The molecule has 0 aliphatic heterocycles. The van der Waals surface area contributed by atoms with Gasteiger partial charge in [0.1, 0.15) is 11.5 Å². The van der Waals surface area contributed by atoms with Crippen molar-refractivity contribution in [3.05, 3.63) is 64.8 Å². The molecule has 2 heterocycles. The number of carbonyl (C=O) groups is 2. The number of nitrogens with zero attached hydrogens (tertiary/aromatic N) is 1. The van der Waals surface area contributed by atoms with Gasteiger partial charge in [-0.1, -0.05) is 6.07 Å². The standard InChI is InChI=1S/C21H17N3O4/c1-10-5-11(2)7-13(6-10)22-19-15-9-17(21(27)28)23-18(15)14-4-3-12(20(25)26)8-16(14)24-19/h3-9,23H,1-2H3,(H,22,24)(H,25,26)(H,27,28). The van der Waals surface area contributed by atoms with Crippen LogP contribution in [0.15, 0.2) is 42.5 Å². The van der Waals surface area contributed by atoms with Gasteiger partial charge < -0.3 is 20.5 Å². The molecule has 2 aromatic carbocycles. The summed E-state index contributed by atoms with van der Waals surface area (Å²) >= 11 is 0. The third-order valence-corrected chi connectivity index (χ3v) is 4.53. The fraction of sp³-hybridized carbons (Fsp3) is 0.0952. The van der Waals surface area contributed by atoms with Gasteiger partial charge in [0.15, 0.2) is 0 Å². The molecule has 0 atom stereocenters. The molecule has 0 aliphatic rings. The van der Waals surface area contributed by atoms with Crippen molar-refractivity contribution in [3.63, 3.8) is 0 Å². The first-order valence-corrected chi connectivity index (χ1v) is 8.60. The number of benzene rings is 2. The van der Waals surface area contributed by atoms with Crippen molar-refractivity contribution in [2.75, 3.05) is 5.32 Å². The first kappa shape index (κ1) is 17.5. The van der Waals surface area contributed by atoms with Crippen LogP contribution in [0.25, 0.3) is 21.8 Å². The lowest BCUT2D eigenvalue weighted by atomic mass is 10.1. The molecule has 28 heavy (non-hydrogen) atoms. The van der Waals surface area contributed by atoms with E-state index in [0.717, 1.165) is 16.8 Å². The molecule has 0 radical (unpaired) electrons. The molecule has 7 nitrogen and oxygen atoms in total. The Morgan fingerprint density at radius 1 is 0.929 bits per heavy atom. The minimum atomic E-state index is -1.08. The highest BCUT2D eigenvalue weighted by atomic mass is 16.4. The molecule has 0 bridgehead atoms. The van der Waals surface area contributed by atoms with Gasteiger partial charge in [0, 0.05) is 16.5 Å². The van der Waals surface area contributed by atoms with Crippen LogP contribution < -0.4 is 5.32 Å². The molecule has 0 amide bonds. The fourth-order valence-corrected chi connectivity index (χ4v) is 3.40. The van der Waals surface area contributed by atoms with Gasteiger partial charge >= 0.3 is 11.9 Å². The van der Waals surface area contributed by atoms with Crippen LogP contribution in [0.1, 0.15) is 32.0 Å². The molecule has 7 heteroatoms. The molecular formula is C21H17N3O4. The van der Waals surface area contributed by atoms with Crippen LogP contribution in [-0.2, 0) is 0 Å². The van der Waals surface area contributed by atoms with Crippen molar-refractivity contribution in [2.24, 2.45) is 0 Å². The van der Waals surface area contributed by atoms with E-state index in [4.69, 9.17) is 0 Å². The molecule has 0 unspecified atom stereocenters. The summed E-state index contributed by atoms with van der Waals surface area (Å²) < 4.78 is 0. The summed E-state index contributed by atoms with van der Waals surface area (Å²) in [6, 6.07) is 12.1. The predicted octanol–water partition coefficient (Wildman–Crippen LogP) is 4.47. The third-order valence-electron chi connectivity index (χ3n) is 4.53. The molecular weight excluding hydrogens is 358 g/mol. The van der Waals surface area contributed by atoms with Crippen molar-refractivity contribution >= 4 is 45.2 Å². The third kappa shape index (κ3) is 3.03. The number of carboxylic acids is 2. The number of hydrogen-bond acceptors (Lipinski definition) is 4. The number of aryl methyl sites for hydroxylation is 2. The second-order valence-electron chi connectivity index (χ2n) is 6.78. The van der Waals surface area contributed by atoms with Crippen LogP contribution in [0.3, 0.4) is 0 Å². The second kappa shape index (κ2) is 6.38. The van der Waals surface area contributed by atoms with Crippen molar-refractivity contribution < 1.29 is 19.8 Å². The number of carboxylic acid groups (broad SMARTS) is 2. The van der Waals surface area contributed by atoms with Gasteiger partial charge in [-0.15, -0.1) is 0 Å². The molecule has 140 valence electrons. The van der Waals surface area contributed by atoms with Crippen LogP contribution >= 0.6 is 0 Å². The molecule has 4 aromatic rings. The van der Waals surface area contributed by atoms with Crippen LogP contribution in [0.2, 0.25) is 0 Å². The van der Waals surface area contributed by atoms with E-state index in [1.165, 1.54) is 18.2 Å². The van der Waals surface area contributed by atoms with E-state index in [-0.39, 0.29) is 11.3 Å². The quantitative estimate of drug-likeness (QED) is 0.418. The number of rotatable bonds is 4. The Bertz CT molecular complexity index is 1250. The maximum absolute atomic E-state index is 11.5. The maximum atomic E-state index is 11.5. The number of H-pyrrole nitrogens is 1. The summed E-state index contributed by atoms with van der Waals surface area (Å²) in [6.07, 6.45) is 0. The Labute approximate surface area is 159 Å². The highest BCUT2D eigenvalue weighted by molar-refractivity contribution is 6.12. The van der Waals surface area contributed by atoms with Crippen LogP contribution in [0.4, 0.5) is 11.5 Å². The average Bonchev–Trinajstić information content (AvgIpc) is 3.06. The Morgan fingerprint density at radius 2 is 1.64 bits per heavy atom. The lowest BCUT2D eigenvalue weighted by molar-refractivity contribution is 0.0683. The number of aromatic amines is 1. The zero-order chi connectivity index (χ0) is 20.0. The number of pyridine rings is 1. The SMILES string of the molecule is Cc1cc(C)cc(Nc2nc3cc(C(=O)O)ccc3c3[nH]c(C(=O)O)cc23)c1. The smallest absolute Gasteiger partial charge is 0.352 e. The Balaban J connectivity index is 1.98. The highest BCUT2D eigenvalue weighted by Crippen LogP contribution is 2.32. The minimum absolute atomic E-state index is 0.0371. The first-order chi connectivity index (χ1) is 13.3. The fourth-order valence-electron chi connectivity index (χ4n) is 3.40. The molecule has 0 fully saturated rings. The molecule has 0 saturated heterocycles. The topological polar surface area (TPSA) is 115 Å². The van der Waals surface area contributed by atoms with Gasteiger partial charge in [0.05, 0.1) is 16.6 Å². The summed E-state index contributed by atoms with van der Waals surface area (Å²) in [6.45, 7) is 3.97.